The van der Waals surface area contributed by atoms with Gasteiger partial charge in [-0.3, -0.25) is 9.69 Å². The first-order chi connectivity index (χ1) is 15.4. The minimum atomic E-state index is -0.263. The van der Waals surface area contributed by atoms with Crippen LogP contribution in [0.2, 0.25) is 0 Å². The fourth-order valence-electron chi connectivity index (χ4n) is 3.33. The Balaban J connectivity index is 2.12. The van der Waals surface area contributed by atoms with E-state index in [4.69, 9.17) is 19.2 Å². The molecule has 166 valence electrons. The van der Waals surface area contributed by atoms with Crippen molar-refractivity contribution in [3.05, 3.63) is 77.4 Å². The molecule has 1 amide bonds. The Morgan fingerprint density at radius 2 is 1.28 bits per heavy atom. The lowest BCUT2D eigenvalue weighted by Gasteiger charge is -2.24. The molecule has 0 spiro atoms. The molecule has 0 saturated heterocycles. The highest BCUT2D eigenvalue weighted by Gasteiger charge is 2.24. The Morgan fingerprint density at radius 3 is 1.75 bits per heavy atom. The van der Waals surface area contributed by atoms with E-state index in [1.807, 2.05) is 69.3 Å². The number of amides is 1. The van der Waals surface area contributed by atoms with Gasteiger partial charge in [-0.1, -0.05) is 35.4 Å². The number of amidine groups is 1. The van der Waals surface area contributed by atoms with Crippen LogP contribution in [0.3, 0.4) is 0 Å². The lowest BCUT2D eigenvalue weighted by Crippen LogP contribution is -2.35. The number of aryl methyl sites for hydroxylation is 2. The standard InChI is InChI=1S/C26H28N2O4/c1-17-7-11-21(12-8-17)27-19(3)28(22-13-9-18(2)10-14-22)26(29)20-15-23(30-4)25(32-6)24(16-20)31-5/h7-16H,1-6H3. The molecule has 32 heavy (non-hydrogen) atoms. The molecule has 0 aliphatic heterocycles. The highest BCUT2D eigenvalue weighted by Crippen LogP contribution is 2.38. The molecule has 6 heteroatoms. The molecule has 0 aromatic heterocycles. The van der Waals surface area contributed by atoms with Gasteiger partial charge in [0.25, 0.3) is 5.91 Å². The van der Waals surface area contributed by atoms with E-state index in [0.717, 1.165) is 16.8 Å². The summed E-state index contributed by atoms with van der Waals surface area (Å²) < 4.78 is 16.3. The Kier molecular flexibility index (Phi) is 7.15. The van der Waals surface area contributed by atoms with Gasteiger partial charge in [-0.05, 0) is 57.2 Å². The number of anilines is 1. The number of benzene rings is 3. The molecule has 0 bridgehead atoms. The van der Waals surface area contributed by atoms with Gasteiger partial charge < -0.3 is 14.2 Å². The van der Waals surface area contributed by atoms with Gasteiger partial charge >= 0.3 is 0 Å². The number of carbonyl (C=O) groups excluding carboxylic acids is 1. The number of hydrogen-bond donors (Lipinski definition) is 0. The summed E-state index contributed by atoms with van der Waals surface area (Å²) in [6.07, 6.45) is 0. The second-order valence-electron chi connectivity index (χ2n) is 7.38. The Hall–Kier alpha value is -3.80. The average molecular weight is 433 g/mol. The first kappa shape index (κ1) is 22.9. The molecule has 3 rings (SSSR count). The smallest absolute Gasteiger partial charge is 0.264 e. The minimum absolute atomic E-state index is 0.263. The Bertz CT molecular complexity index is 1090. The monoisotopic (exact) mass is 432 g/mol. The second-order valence-corrected chi connectivity index (χ2v) is 7.38. The van der Waals surface area contributed by atoms with Gasteiger partial charge in [0.2, 0.25) is 5.75 Å². The van der Waals surface area contributed by atoms with Crippen LogP contribution in [0.4, 0.5) is 11.4 Å². The fraction of sp³-hybridized carbons (Fsp3) is 0.231. The Labute approximate surface area is 189 Å². The molecule has 0 heterocycles. The van der Waals surface area contributed by atoms with E-state index in [1.54, 1.807) is 17.0 Å². The summed E-state index contributed by atoms with van der Waals surface area (Å²) in [5.74, 6) is 1.52. The summed E-state index contributed by atoms with van der Waals surface area (Å²) in [4.78, 5) is 20.0. The van der Waals surface area contributed by atoms with Gasteiger partial charge in [-0.25, -0.2) is 4.99 Å². The molecule has 0 atom stereocenters. The van der Waals surface area contributed by atoms with Crippen LogP contribution < -0.4 is 19.1 Å². The number of methoxy groups -OCH3 is 3. The molecule has 0 N–H and O–H groups in total. The zero-order chi connectivity index (χ0) is 23.3. The lowest BCUT2D eigenvalue weighted by molar-refractivity contribution is 0.100. The third kappa shape index (κ3) is 4.91. The van der Waals surface area contributed by atoms with E-state index in [0.29, 0.717) is 34.3 Å². The van der Waals surface area contributed by atoms with E-state index >= 15 is 0 Å². The predicted octanol–water partition coefficient (Wildman–Crippen LogP) is 5.73. The van der Waals surface area contributed by atoms with Crippen LogP contribution in [0.15, 0.2) is 65.7 Å². The summed E-state index contributed by atoms with van der Waals surface area (Å²) in [5, 5.41) is 0. The molecule has 0 unspecified atom stereocenters. The van der Waals surface area contributed by atoms with Crippen LogP contribution in [0.1, 0.15) is 28.4 Å². The minimum Gasteiger partial charge on any atom is -0.493 e. The van der Waals surface area contributed by atoms with Crippen molar-refractivity contribution in [1.82, 2.24) is 0 Å². The van der Waals surface area contributed by atoms with Crippen LogP contribution in [-0.2, 0) is 0 Å². The first-order valence-electron chi connectivity index (χ1n) is 10.2. The van der Waals surface area contributed by atoms with Crippen molar-refractivity contribution in [2.24, 2.45) is 4.99 Å². The van der Waals surface area contributed by atoms with Crippen LogP contribution in [0.25, 0.3) is 0 Å². The molecule has 6 nitrogen and oxygen atoms in total. The second kappa shape index (κ2) is 10.0. The maximum atomic E-state index is 13.7. The molecule has 0 radical (unpaired) electrons. The van der Waals surface area contributed by atoms with Gasteiger partial charge in [0, 0.05) is 5.56 Å². The molecular weight excluding hydrogens is 404 g/mol. The van der Waals surface area contributed by atoms with E-state index in [-0.39, 0.29) is 5.91 Å². The number of nitrogens with zero attached hydrogens (tertiary/aromatic N) is 2. The summed E-state index contributed by atoms with van der Waals surface area (Å²) in [6.45, 7) is 5.84. The van der Waals surface area contributed by atoms with Crippen LogP contribution >= 0.6 is 0 Å². The highest BCUT2D eigenvalue weighted by molar-refractivity contribution is 6.22. The molecular formula is C26H28N2O4. The van der Waals surface area contributed by atoms with Crippen molar-refractivity contribution < 1.29 is 19.0 Å². The zero-order valence-corrected chi connectivity index (χ0v) is 19.3. The van der Waals surface area contributed by atoms with Gasteiger partial charge in [0.1, 0.15) is 5.84 Å². The third-order valence-electron chi connectivity index (χ3n) is 5.06. The lowest BCUT2D eigenvalue weighted by atomic mass is 10.1. The number of hydrogen-bond acceptors (Lipinski definition) is 5. The van der Waals surface area contributed by atoms with E-state index in [2.05, 4.69) is 0 Å². The molecule has 0 aliphatic rings. The van der Waals surface area contributed by atoms with E-state index < -0.39 is 0 Å². The van der Waals surface area contributed by atoms with E-state index in [9.17, 15) is 4.79 Å². The van der Waals surface area contributed by atoms with Gasteiger partial charge in [0.15, 0.2) is 11.5 Å². The van der Waals surface area contributed by atoms with Crippen molar-refractivity contribution >= 4 is 23.1 Å². The van der Waals surface area contributed by atoms with Crippen molar-refractivity contribution in [2.75, 3.05) is 26.2 Å². The van der Waals surface area contributed by atoms with Gasteiger partial charge in [-0.15, -0.1) is 0 Å². The number of carbonyl (C=O) groups is 1. The van der Waals surface area contributed by atoms with Gasteiger partial charge in [0.05, 0.1) is 32.7 Å². The maximum absolute atomic E-state index is 13.7. The van der Waals surface area contributed by atoms with Crippen molar-refractivity contribution in [3.63, 3.8) is 0 Å². The molecule has 0 aliphatic carbocycles. The van der Waals surface area contributed by atoms with Crippen LogP contribution in [0, 0.1) is 13.8 Å². The topological polar surface area (TPSA) is 60.4 Å². The quantitative estimate of drug-likeness (QED) is 0.369. The fourth-order valence-corrected chi connectivity index (χ4v) is 3.33. The molecule has 0 fully saturated rings. The zero-order valence-electron chi connectivity index (χ0n) is 19.3. The summed E-state index contributed by atoms with van der Waals surface area (Å²) >= 11 is 0. The summed E-state index contributed by atoms with van der Waals surface area (Å²) in [7, 11) is 4.57. The first-order valence-corrected chi connectivity index (χ1v) is 10.2. The molecule has 3 aromatic rings. The number of ether oxygens (including phenoxy) is 3. The van der Waals surface area contributed by atoms with Crippen LogP contribution in [-0.4, -0.2) is 33.1 Å². The SMILES string of the molecule is COc1cc(C(=O)N(C(C)=Nc2ccc(C)cc2)c2ccc(C)cc2)cc(OC)c1OC. The summed E-state index contributed by atoms with van der Waals surface area (Å²) in [6, 6.07) is 18.8. The predicted molar refractivity (Wildman–Crippen MR) is 128 cm³/mol. The summed E-state index contributed by atoms with van der Waals surface area (Å²) in [5.41, 5.74) is 4.11. The average Bonchev–Trinajstić information content (AvgIpc) is 2.80. The highest BCUT2D eigenvalue weighted by atomic mass is 16.5. The number of aliphatic imine (C=N–C) groups is 1. The largest absolute Gasteiger partial charge is 0.493 e. The normalized spacial score (nSPS) is 11.1. The third-order valence-corrected chi connectivity index (χ3v) is 5.06. The van der Waals surface area contributed by atoms with Gasteiger partial charge in [-0.2, -0.15) is 0 Å². The van der Waals surface area contributed by atoms with Crippen molar-refractivity contribution in [1.29, 1.82) is 0 Å². The number of rotatable bonds is 6. The maximum Gasteiger partial charge on any atom is 0.264 e. The van der Waals surface area contributed by atoms with Crippen molar-refractivity contribution in [3.8, 4) is 17.2 Å². The van der Waals surface area contributed by atoms with Crippen molar-refractivity contribution in [2.45, 2.75) is 20.8 Å². The van der Waals surface area contributed by atoms with Crippen LogP contribution in [0.5, 0.6) is 17.2 Å². The Morgan fingerprint density at radius 1 is 0.781 bits per heavy atom. The van der Waals surface area contributed by atoms with E-state index in [1.165, 1.54) is 21.3 Å². The molecule has 3 aromatic carbocycles. The molecule has 0 saturated carbocycles.